The van der Waals surface area contributed by atoms with Crippen molar-refractivity contribution in [2.24, 2.45) is 0 Å². The molecule has 19 heavy (non-hydrogen) atoms. The number of hydrogen-bond acceptors (Lipinski definition) is 2. The monoisotopic (exact) mass is 282 g/mol. The van der Waals surface area contributed by atoms with Crippen LogP contribution < -0.4 is 0 Å². The van der Waals surface area contributed by atoms with Gasteiger partial charge in [0.1, 0.15) is 5.82 Å². The Morgan fingerprint density at radius 2 is 2.21 bits per heavy atom. The first-order valence-corrected chi connectivity index (χ1v) is 6.56. The van der Waals surface area contributed by atoms with E-state index in [0.717, 1.165) is 5.69 Å². The molecule has 1 aromatic heterocycles. The van der Waals surface area contributed by atoms with Crippen molar-refractivity contribution in [2.45, 2.75) is 32.9 Å². The van der Waals surface area contributed by atoms with E-state index in [2.05, 4.69) is 5.10 Å². The second-order valence-corrected chi connectivity index (χ2v) is 4.87. The van der Waals surface area contributed by atoms with Crippen LogP contribution in [0, 0.1) is 12.7 Å². The highest BCUT2D eigenvalue weighted by atomic mass is 35.5. The molecule has 0 spiro atoms. The fraction of sp³-hybridized carbons (Fsp3) is 0.357. The Kier molecular flexibility index (Phi) is 4.22. The average Bonchev–Trinajstić information content (AvgIpc) is 2.76. The largest absolute Gasteiger partial charge is 0.386 e. The number of halogens is 2. The summed E-state index contributed by atoms with van der Waals surface area (Å²) >= 11 is 5.73. The Hall–Kier alpha value is -1.39. The van der Waals surface area contributed by atoms with Gasteiger partial charge in [0.25, 0.3) is 0 Å². The van der Waals surface area contributed by atoms with E-state index >= 15 is 0 Å². The zero-order valence-corrected chi connectivity index (χ0v) is 11.7. The van der Waals surface area contributed by atoms with Crippen LogP contribution in [-0.4, -0.2) is 14.9 Å². The highest BCUT2D eigenvalue weighted by molar-refractivity contribution is 6.30. The molecule has 0 fully saturated rings. The number of rotatable bonds is 4. The quantitative estimate of drug-likeness (QED) is 0.934. The van der Waals surface area contributed by atoms with Crippen LogP contribution in [-0.2, 0) is 13.0 Å². The van der Waals surface area contributed by atoms with Gasteiger partial charge in [-0.2, -0.15) is 5.10 Å². The molecule has 1 heterocycles. The lowest BCUT2D eigenvalue weighted by Crippen LogP contribution is -2.11. The molecule has 5 heteroatoms. The number of aliphatic hydroxyl groups is 1. The third-order valence-corrected chi connectivity index (χ3v) is 3.31. The van der Waals surface area contributed by atoms with Crippen molar-refractivity contribution in [3.05, 3.63) is 52.1 Å². The molecule has 0 aliphatic heterocycles. The van der Waals surface area contributed by atoms with Crippen LogP contribution in [0.25, 0.3) is 0 Å². The third kappa shape index (κ3) is 2.96. The molecule has 0 aliphatic carbocycles. The van der Waals surface area contributed by atoms with Crippen LogP contribution in [0.1, 0.15) is 30.0 Å². The second-order valence-electron chi connectivity index (χ2n) is 4.46. The summed E-state index contributed by atoms with van der Waals surface area (Å²) in [6, 6.07) is 6.61. The van der Waals surface area contributed by atoms with E-state index in [1.165, 1.54) is 6.07 Å². The van der Waals surface area contributed by atoms with E-state index in [1.807, 2.05) is 19.9 Å². The Labute approximate surface area is 116 Å². The summed E-state index contributed by atoms with van der Waals surface area (Å²) in [4.78, 5) is 0. The van der Waals surface area contributed by atoms with Gasteiger partial charge in [0.05, 0.1) is 22.5 Å². The molecule has 3 nitrogen and oxygen atoms in total. The number of aryl methyl sites for hydroxylation is 2. The minimum Gasteiger partial charge on any atom is -0.386 e. The van der Waals surface area contributed by atoms with Gasteiger partial charge >= 0.3 is 0 Å². The van der Waals surface area contributed by atoms with Crippen LogP contribution >= 0.6 is 11.6 Å². The molecule has 2 aromatic rings. The first-order chi connectivity index (χ1) is 9.02. The van der Waals surface area contributed by atoms with Gasteiger partial charge in [0.2, 0.25) is 0 Å². The number of aliphatic hydroxyl groups excluding tert-OH is 1. The molecule has 1 N–H and O–H groups in total. The van der Waals surface area contributed by atoms with Gasteiger partial charge in [-0.25, -0.2) is 4.39 Å². The van der Waals surface area contributed by atoms with E-state index in [1.54, 1.807) is 16.8 Å². The smallest absolute Gasteiger partial charge is 0.145 e. The molecule has 102 valence electrons. The lowest BCUT2D eigenvalue weighted by Gasteiger charge is -2.13. The molecule has 0 aliphatic rings. The van der Waals surface area contributed by atoms with Crippen LogP contribution in [0.15, 0.2) is 24.3 Å². The van der Waals surface area contributed by atoms with Crippen molar-refractivity contribution in [2.75, 3.05) is 0 Å². The highest BCUT2D eigenvalue weighted by Crippen LogP contribution is 2.24. The maximum atomic E-state index is 13.8. The van der Waals surface area contributed by atoms with Gasteiger partial charge in [-0.15, -0.1) is 0 Å². The van der Waals surface area contributed by atoms with Crippen molar-refractivity contribution in [1.82, 2.24) is 9.78 Å². The summed E-state index contributed by atoms with van der Waals surface area (Å²) in [5.41, 5.74) is 1.93. The maximum absolute atomic E-state index is 13.8. The third-order valence-electron chi connectivity index (χ3n) is 3.02. The minimum atomic E-state index is -0.797. The van der Waals surface area contributed by atoms with Crippen molar-refractivity contribution in [3.8, 4) is 0 Å². The van der Waals surface area contributed by atoms with Gasteiger partial charge in [-0.05, 0) is 31.5 Å². The van der Waals surface area contributed by atoms with E-state index in [0.29, 0.717) is 17.8 Å². The summed E-state index contributed by atoms with van der Waals surface area (Å²) < 4.78 is 15.5. The van der Waals surface area contributed by atoms with Crippen molar-refractivity contribution >= 4 is 11.6 Å². The Morgan fingerprint density at radius 1 is 1.47 bits per heavy atom. The Bertz CT molecular complexity index is 583. The van der Waals surface area contributed by atoms with E-state index in [-0.39, 0.29) is 11.4 Å². The highest BCUT2D eigenvalue weighted by Gasteiger charge is 2.17. The minimum absolute atomic E-state index is 0.0740. The SMILES string of the molecule is CCn1nc(C)cc1C(O)Cc1cccc(Cl)c1F. The summed E-state index contributed by atoms with van der Waals surface area (Å²) in [6.45, 7) is 4.48. The van der Waals surface area contributed by atoms with E-state index < -0.39 is 11.9 Å². The molecular weight excluding hydrogens is 267 g/mol. The lowest BCUT2D eigenvalue weighted by atomic mass is 10.0. The first-order valence-electron chi connectivity index (χ1n) is 6.18. The topological polar surface area (TPSA) is 38.0 Å². The van der Waals surface area contributed by atoms with Gasteiger partial charge in [0, 0.05) is 13.0 Å². The molecule has 2 rings (SSSR count). The van der Waals surface area contributed by atoms with E-state index in [9.17, 15) is 9.50 Å². The Balaban J connectivity index is 2.25. The van der Waals surface area contributed by atoms with Crippen LogP contribution in [0.5, 0.6) is 0 Å². The summed E-state index contributed by atoms with van der Waals surface area (Å²) in [5, 5.41) is 14.6. The van der Waals surface area contributed by atoms with Crippen LogP contribution in [0.4, 0.5) is 4.39 Å². The predicted octanol–water partition coefficient (Wildman–Crippen LogP) is 3.28. The van der Waals surface area contributed by atoms with Gasteiger partial charge < -0.3 is 5.11 Å². The fourth-order valence-electron chi connectivity index (χ4n) is 2.11. The van der Waals surface area contributed by atoms with Crippen molar-refractivity contribution in [3.63, 3.8) is 0 Å². The van der Waals surface area contributed by atoms with Crippen molar-refractivity contribution < 1.29 is 9.50 Å². The van der Waals surface area contributed by atoms with Crippen molar-refractivity contribution in [1.29, 1.82) is 0 Å². The molecular formula is C14H16ClFN2O. The summed E-state index contributed by atoms with van der Waals surface area (Å²) in [7, 11) is 0. The normalized spacial score (nSPS) is 12.7. The average molecular weight is 283 g/mol. The number of hydrogen-bond donors (Lipinski definition) is 1. The molecule has 1 unspecified atom stereocenters. The molecule has 0 bridgehead atoms. The number of nitrogens with zero attached hydrogens (tertiary/aromatic N) is 2. The lowest BCUT2D eigenvalue weighted by molar-refractivity contribution is 0.166. The zero-order chi connectivity index (χ0) is 14.0. The van der Waals surface area contributed by atoms with Gasteiger partial charge in [-0.3, -0.25) is 4.68 Å². The second kappa shape index (κ2) is 5.72. The van der Waals surface area contributed by atoms with Crippen LogP contribution in [0.3, 0.4) is 0 Å². The fourth-order valence-corrected chi connectivity index (χ4v) is 2.30. The predicted molar refractivity (Wildman–Crippen MR) is 72.7 cm³/mol. The molecule has 0 saturated heterocycles. The number of aromatic nitrogens is 2. The zero-order valence-electron chi connectivity index (χ0n) is 10.9. The summed E-state index contributed by atoms with van der Waals surface area (Å²) in [6.07, 6.45) is -0.619. The van der Waals surface area contributed by atoms with Gasteiger partial charge in [0.15, 0.2) is 0 Å². The first kappa shape index (κ1) is 14.0. The summed E-state index contributed by atoms with van der Waals surface area (Å²) in [5.74, 6) is -0.470. The molecule has 0 radical (unpaired) electrons. The maximum Gasteiger partial charge on any atom is 0.145 e. The van der Waals surface area contributed by atoms with Gasteiger partial charge in [-0.1, -0.05) is 23.7 Å². The standard InChI is InChI=1S/C14H16ClFN2O/c1-3-18-12(7-9(2)17-18)13(19)8-10-5-4-6-11(15)14(10)16/h4-7,13,19H,3,8H2,1-2H3. The van der Waals surface area contributed by atoms with E-state index in [4.69, 9.17) is 11.6 Å². The molecule has 1 aromatic carbocycles. The molecule has 0 saturated carbocycles. The molecule has 1 atom stereocenters. The van der Waals surface area contributed by atoms with Crippen LogP contribution in [0.2, 0.25) is 5.02 Å². The Morgan fingerprint density at radius 3 is 2.89 bits per heavy atom. The molecule has 0 amide bonds. The number of benzene rings is 1.